The van der Waals surface area contributed by atoms with Gasteiger partial charge in [0.05, 0.1) is 19.0 Å². The Kier molecular flexibility index (Phi) is 3.34. The first-order valence-corrected chi connectivity index (χ1v) is 6.86. The zero-order chi connectivity index (χ0) is 14.0. The summed E-state index contributed by atoms with van der Waals surface area (Å²) in [5, 5.41) is 3.88. The van der Waals surface area contributed by atoms with Crippen molar-refractivity contribution in [2.75, 3.05) is 17.6 Å². The molecule has 0 aliphatic carbocycles. The number of nitrogens with zero attached hydrogens (tertiary/aromatic N) is 2. The Hall–Kier alpha value is -2.22. The SMILES string of the molecule is COc1ccc(S(=O)(=O)Nc2ccnn2C)c(N)c1. The number of hydrogen-bond acceptors (Lipinski definition) is 5. The number of nitrogens with two attached hydrogens (primary N) is 1. The van der Waals surface area contributed by atoms with E-state index in [0.717, 1.165) is 0 Å². The van der Waals surface area contributed by atoms with Crippen molar-refractivity contribution in [3.05, 3.63) is 30.5 Å². The van der Waals surface area contributed by atoms with Crippen LogP contribution in [0.5, 0.6) is 5.75 Å². The Labute approximate surface area is 111 Å². The summed E-state index contributed by atoms with van der Waals surface area (Å²) >= 11 is 0. The Morgan fingerprint density at radius 1 is 1.37 bits per heavy atom. The number of nitrogens with one attached hydrogen (secondary N) is 1. The van der Waals surface area contributed by atoms with Crippen molar-refractivity contribution in [1.29, 1.82) is 0 Å². The fourth-order valence-corrected chi connectivity index (χ4v) is 2.77. The molecule has 0 atom stereocenters. The first-order valence-electron chi connectivity index (χ1n) is 5.38. The van der Waals surface area contributed by atoms with Crippen LogP contribution >= 0.6 is 0 Å². The predicted octanol–water partition coefficient (Wildman–Crippen LogP) is 0.812. The van der Waals surface area contributed by atoms with Gasteiger partial charge in [-0.2, -0.15) is 5.10 Å². The largest absolute Gasteiger partial charge is 0.497 e. The van der Waals surface area contributed by atoms with Crippen LogP contribution in [-0.2, 0) is 17.1 Å². The molecule has 1 aromatic carbocycles. The molecule has 0 amide bonds. The second-order valence-electron chi connectivity index (χ2n) is 3.85. The van der Waals surface area contributed by atoms with Gasteiger partial charge in [-0.15, -0.1) is 0 Å². The van der Waals surface area contributed by atoms with Gasteiger partial charge in [-0.25, -0.2) is 8.42 Å². The molecule has 0 spiro atoms. The van der Waals surface area contributed by atoms with Crippen LogP contribution in [0.1, 0.15) is 0 Å². The highest BCUT2D eigenvalue weighted by Crippen LogP contribution is 2.25. The van der Waals surface area contributed by atoms with Gasteiger partial charge in [-0.05, 0) is 12.1 Å². The van der Waals surface area contributed by atoms with Gasteiger partial charge in [0.2, 0.25) is 0 Å². The number of rotatable bonds is 4. The number of nitrogen functional groups attached to an aromatic ring is 1. The normalized spacial score (nSPS) is 11.3. The monoisotopic (exact) mass is 282 g/mol. The van der Waals surface area contributed by atoms with Crippen LogP contribution in [0.25, 0.3) is 0 Å². The van der Waals surface area contributed by atoms with E-state index in [0.29, 0.717) is 11.6 Å². The lowest BCUT2D eigenvalue weighted by molar-refractivity contribution is 0.414. The first kappa shape index (κ1) is 13.2. The van der Waals surface area contributed by atoms with E-state index >= 15 is 0 Å². The van der Waals surface area contributed by atoms with Crippen molar-refractivity contribution < 1.29 is 13.2 Å². The molecular weight excluding hydrogens is 268 g/mol. The Bertz CT molecular complexity index is 694. The Morgan fingerprint density at radius 3 is 2.63 bits per heavy atom. The molecule has 7 nitrogen and oxygen atoms in total. The Morgan fingerprint density at radius 2 is 2.11 bits per heavy atom. The number of ether oxygens (including phenoxy) is 1. The first-order chi connectivity index (χ1) is 8.94. The van der Waals surface area contributed by atoms with Crippen molar-refractivity contribution in [3.8, 4) is 5.75 Å². The summed E-state index contributed by atoms with van der Waals surface area (Å²) in [6.07, 6.45) is 1.50. The van der Waals surface area contributed by atoms with Gasteiger partial charge < -0.3 is 10.5 Å². The summed E-state index contributed by atoms with van der Waals surface area (Å²) in [6.45, 7) is 0. The number of aromatic nitrogens is 2. The van der Waals surface area contributed by atoms with Gasteiger partial charge in [0, 0.05) is 19.2 Å². The summed E-state index contributed by atoms with van der Waals surface area (Å²) < 4.78 is 33.2. The van der Waals surface area contributed by atoms with Crippen molar-refractivity contribution >= 4 is 21.5 Å². The van der Waals surface area contributed by atoms with E-state index in [4.69, 9.17) is 10.5 Å². The molecule has 1 heterocycles. The molecule has 0 saturated heterocycles. The highest BCUT2D eigenvalue weighted by atomic mass is 32.2. The lowest BCUT2D eigenvalue weighted by Gasteiger charge is -2.11. The summed E-state index contributed by atoms with van der Waals surface area (Å²) in [5.41, 5.74) is 5.85. The molecule has 0 saturated carbocycles. The fraction of sp³-hybridized carbons (Fsp3) is 0.182. The van der Waals surface area contributed by atoms with Gasteiger partial charge >= 0.3 is 0 Å². The molecule has 102 valence electrons. The van der Waals surface area contributed by atoms with E-state index in [9.17, 15) is 8.42 Å². The molecular formula is C11H14N4O3S. The molecule has 0 unspecified atom stereocenters. The lowest BCUT2D eigenvalue weighted by atomic mass is 10.3. The van der Waals surface area contributed by atoms with E-state index in [1.54, 1.807) is 13.1 Å². The maximum atomic E-state index is 12.2. The maximum Gasteiger partial charge on any atom is 0.265 e. The Balaban J connectivity index is 2.37. The average molecular weight is 282 g/mol. The zero-order valence-electron chi connectivity index (χ0n) is 10.5. The van der Waals surface area contributed by atoms with Gasteiger partial charge in [-0.1, -0.05) is 0 Å². The molecule has 0 aliphatic heterocycles. The molecule has 3 N–H and O–H groups in total. The molecule has 2 aromatic rings. The number of methoxy groups -OCH3 is 1. The second kappa shape index (κ2) is 4.81. The summed E-state index contributed by atoms with van der Waals surface area (Å²) in [4.78, 5) is -0.00509. The quantitative estimate of drug-likeness (QED) is 0.808. The number of aryl methyl sites for hydroxylation is 1. The van der Waals surface area contributed by atoms with Crippen LogP contribution in [0.3, 0.4) is 0 Å². The van der Waals surface area contributed by atoms with E-state index in [-0.39, 0.29) is 10.6 Å². The zero-order valence-corrected chi connectivity index (χ0v) is 11.3. The van der Waals surface area contributed by atoms with Crippen molar-refractivity contribution in [1.82, 2.24) is 9.78 Å². The number of benzene rings is 1. The van der Waals surface area contributed by atoms with Gasteiger partial charge in [0.15, 0.2) is 0 Å². The molecule has 0 fully saturated rings. The van der Waals surface area contributed by atoms with E-state index in [1.807, 2.05) is 0 Å². The van der Waals surface area contributed by atoms with Gasteiger partial charge in [0.25, 0.3) is 10.0 Å². The minimum absolute atomic E-state index is 0.00509. The topological polar surface area (TPSA) is 99.2 Å². The minimum Gasteiger partial charge on any atom is -0.497 e. The molecule has 8 heteroatoms. The fourth-order valence-electron chi connectivity index (χ4n) is 1.56. The third-order valence-corrected chi connectivity index (χ3v) is 4.00. The maximum absolute atomic E-state index is 12.2. The van der Waals surface area contributed by atoms with Crippen LogP contribution in [0.2, 0.25) is 0 Å². The van der Waals surface area contributed by atoms with Crippen molar-refractivity contribution in [3.63, 3.8) is 0 Å². The minimum atomic E-state index is -3.75. The van der Waals surface area contributed by atoms with Crippen LogP contribution in [-0.4, -0.2) is 25.3 Å². The van der Waals surface area contributed by atoms with Crippen LogP contribution in [0, 0.1) is 0 Å². The van der Waals surface area contributed by atoms with Gasteiger partial charge in [0.1, 0.15) is 16.5 Å². The van der Waals surface area contributed by atoms with Crippen LogP contribution in [0.15, 0.2) is 35.4 Å². The summed E-state index contributed by atoms with van der Waals surface area (Å²) in [5.74, 6) is 0.854. The lowest BCUT2D eigenvalue weighted by Crippen LogP contribution is -2.16. The average Bonchev–Trinajstić information content (AvgIpc) is 2.73. The van der Waals surface area contributed by atoms with E-state index < -0.39 is 10.0 Å². The third kappa shape index (κ3) is 2.63. The van der Waals surface area contributed by atoms with Crippen molar-refractivity contribution in [2.45, 2.75) is 4.90 Å². The second-order valence-corrected chi connectivity index (χ2v) is 5.50. The van der Waals surface area contributed by atoms with Crippen LogP contribution in [0.4, 0.5) is 11.5 Å². The molecule has 0 aliphatic rings. The van der Waals surface area contributed by atoms with Crippen LogP contribution < -0.4 is 15.2 Å². The summed E-state index contributed by atoms with van der Waals surface area (Å²) in [7, 11) is -0.636. The summed E-state index contributed by atoms with van der Waals surface area (Å²) in [6, 6.07) is 5.94. The highest BCUT2D eigenvalue weighted by molar-refractivity contribution is 7.92. The van der Waals surface area contributed by atoms with Gasteiger partial charge in [-0.3, -0.25) is 9.40 Å². The standard InChI is InChI=1S/C11H14N4O3S/c1-15-11(5-6-13-15)14-19(16,17)10-4-3-8(18-2)7-9(10)12/h3-7,14H,12H2,1-2H3. The number of sulfonamides is 1. The molecule has 1 aromatic heterocycles. The highest BCUT2D eigenvalue weighted by Gasteiger charge is 2.19. The number of anilines is 2. The third-order valence-electron chi connectivity index (χ3n) is 2.57. The van der Waals surface area contributed by atoms with E-state index in [2.05, 4.69) is 9.82 Å². The number of hydrogen-bond donors (Lipinski definition) is 2. The molecule has 19 heavy (non-hydrogen) atoms. The smallest absolute Gasteiger partial charge is 0.265 e. The van der Waals surface area contributed by atoms with E-state index in [1.165, 1.54) is 36.2 Å². The molecule has 0 radical (unpaired) electrons. The predicted molar refractivity (Wildman–Crippen MR) is 71.4 cm³/mol. The van der Waals surface area contributed by atoms with Crippen molar-refractivity contribution in [2.24, 2.45) is 7.05 Å². The molecule has 0 bridgehead atoms. The molecule has 2 rings (SSSR count).